The minimum Gasteiger partial charge on any atom is -0.316 e. The van der Waals surface area contributed by atoms with Crippen LogP contribution in [0.3, 0.4) is 0 Å². The molecule has 8 heterocycles. The zero-order valence-corrected chi connectivity index (χ0v) is 38.9. The Bertz CT molecular complexity index is 3110. The molecule has 0 atom stereocenters. The van der Waals surface area contributed by atoms with Crippen LogP contribution < -0.4 is 0 Å². The molecule has 10 rings (SSSR count). The van der Waals surface area contributed by atoms with Gasteiger partial charge in [0.25, 0.3) is 0 Å². The van der Waals surface area contributed by atoms with Gasteiger partial charge in [0.05, 0.1) is 34.1 Å². The number of fused-ring (bicyclic) bond motifs is 1. The number of hydrogen-bond acceptors (Lipinski definition) is 4. The van der Waals surface area contributed by atoms with Crippen LogP contribution in [0.1, 0.15) is 68.3 Å². The molecule has 2 aromatic carbocycles. The molecule has 10 heteroatoms. The van der Waals surface area contributed by atoms with E-state index in [2.05, 4.69) is 183 Å². The predicted octanol–water partition coefficient (Wildman–Crippen LogP) is 12.2. The Balaban J connectivity index is 1.73. The lowest BCUT2D eigenvalue weighted by molar-refractivity contribution is 0.868. The lowest BCUT2D eigenvalue weighted by Gasteiger charge is -2.34. The van der Waals surface area contributed by atoms with E-state index in [-0.39, 0.29) is 0 Å². The van der Waals surface area contributed by atoms with Gasteiger partial charge in [-0.2, -0.15) is 0 Å². The van der Waals surface area contributed by atoms with Crippen LogP contribution in [-0.2, 0) is 0 Å². The van der Waals surface area contributed by atoms with E-state index in [1.54, 1.807) is 12.7 Å². The highest BCUT2D eigenvalue weighted by atomic mass is 15.2. The van der Waals surface area contributed by atoms with Gasteiger partial charge in [-0.1, -0.05) is 0 Å². The Morgan fingerprint density at radius 3 is 0.688 bits per heavy atom. The number of benzene rings is 2. The fourth-order valence-corrected chi connectivity index (χ4v) is 10.5. The van der Waals surface area contributed by atoms with Crippen molar-refractivity contribution < 1.29 is 0 Å². The zero-order valence-electron chi connectivity index (χ0n) is 38.9. The summed E-state index contributed by atoms with van der Waals surface area (Å²) in [5.74, 6) is 0. The molecule has 8 aromatic heterocycles. The molecule has 0 fully saturated rings. The van der Waals surface area contributed by atoms with E-state index in [1.807, 2.05) is 24.8 Å². The van der Waals surface area contributed by atoms with Gasteiger partial charge < -0.3 is 27.4 Å². The van der Waals surface area contributed by atoms with Crippen molar-refractivity contribution in [2.45, 2.75) is 83.1 Å². The molecule has 0 aliphatic carbocycles. The van der Waals surface area contributed by atoms with Crippen LogP contribution in [-0.4, -0.2) is 47.3 Å². The van der Waals surface area contributed by atoms with Gasteiger partial charge in [-0.3, -0.25) is 0 Å². The number of aromatic nitrogens is 10. The summed E-state index contributed by atoms with van der Waals surface area (Å²) in [6.07, 6.45) is 11.1. The van der Waals surface area contributed by atoms with E-state index in [1.165, 1.54) is 0 Å². The van der Waals surface area contributed by atoms with Gasteiger partial charge in [0.15, 0.2) is 0 Å². The Morgan fingerprint density at radius 2 is 0.453 bits per heavy atom. The molecule has 0 bridgehead atoms. The lowest BCUT2D eigenvalue weighted by atomic mass is 9.85. The average molecular weight is 843 g/mol. The van der Waals surface area contributed by atoms with Crippen LogP contribution in [0.2, 0.25) is 0 Å². The molecule has 0 unspecified atom stereocenters. The highest BCUT2D eigenvalue weighted by Crippen LogP contribution is 2.55. The summed E-state index contributed by atoms with van der Waals surface area (Å²) in [4.78, 5) is 19.1. The summed E-state index contributed by atoms with van der Waals surface area (Å²) in [7, 11) is 0. The fourth-order valence-electron chi connectivity index (χ4n) is 10.5. The van der Waals surface area contributed by atoms with Gasteiger partial charge in [-0.25, -0.2) is 19.9 Å². The summed E-state index contributed by atoms with van der Waals surface area (Å²) in [6, 6.07) is 26.8. The molecule has 64 heavy (non-hydrogen) atoms. The number of aryl methyl sites for hydroxylation is 12. The second-order valence-corrected chi connectivity index (χ2v) is 17.6. The van der Waals surface area contributed by atoms with Gasteiger partial charge in [-0.05, 0) is 156 Å². The first kappa shape index (κ1) is 40.6. The highest BCUT2D eigenvalue weighted by molar-refractivity contribution is 6.21. The van der Waals surface area contributed by atoms with E-state index in [0.717, 1.165) is 135 Å². The van der Waals surface area contributed by atoms with Crippen molar-refractivity contribution in [1.29, 1.82) is 0 Å². The first-order valence-corrected chi connectivity index (χ1v) is 22.0. The maximum absolute atomic E-state index is 4.78. The van der Waals surface area contributed by atoms with Gasteiger partial charge in [-0.15, -0.1) is 0 Å². The van der Waals surface area contributed by atoms with Crippen molar-refractivity contribution in [1.82, 2.24) is 47.3 Å². The van der Waals surface area contributed by atoms with Crippen molar-refractivity contribution in [3.8, 4) is 56.4 Å². The normalized spacial score (nSPS) is 11.8. The van der Waals surface area contributed by atoms with Crippen LogP contribution >= 0.6 is 0 Å². The molecular formula is C54H54N10. The van der Waals surface area contributed by atoms with Gasteiger partial charge >= 0.3 is 0 Å². The molecular weight excluding hydrogens is 789 g/mol. The predicted molar refractivity (Wildman–Crippen MR) is 259 cm³/mol. The van der Waals surface area contributed by atoms with Crippen LogP contribution in [0.15, 0.2) is 110 Å². The Hall–Kier alpha value is -7.46. The number of nitrogens with zero attached hydrogens (tertiary/aromatic N) is 10. The fraction of sp³-hybridized carbons (Fsp3) is 0.222. The Labute approximate surface area is 374 Å². The standard InChI is InChI=1S/C54H54N10/c1-31-13-14-32(2)59(31)49-45(43-25-55-29-56-26-43)47-46(44-27-57-30-58-28-44)50(60-33(3)15-16-34(60)4)54(64-41(11)23-24-42(64)12)52(62-37(7)19-20-38(62)8)48(47)51(61-35(5)17-18-36(61)6)53(49)63-39(9)21-22-40(63)10/h13-30H,1-12H3. The Morgan fingerprint density at radius 1 is 0.250 bits per heavy atom. The molecule has 0 amide bonds. The smallest absolute Gasteiger partial charge is 0.115 e. The second-order valence-electron chi connectivity index (χ2n) is 17.6. The topological polar surface area (TPSA) is 81.1 Å². The summed E-state index contributed by atoms with van der Waals surface area (Å²) >= 11 is 0. The first-order valence-electron chi connectivity index (χ1n) is 22.0. The molecule has 10 nitrogen and oxygen atoms in total. The minimum atomic E-state index is 0.893. The molecule has 0 saturated carbocycles. The maximum Gasteiger partial charge on any atom is 0.115 e. The largest absolute Gasteiger partial charge is 0.316 e. The van der Waals surface area contributed by atoms with Gasteiger partial charge in [0.1, 0.15) is 12.7 Å². The van der Waals surface area contributed by atoms with Gasteiger partial charge in [0.2, 0.25) is 0 Å². The Kier molecular flexibility index (Phi) is 9.59. The summed E-state index contributed by atoms with van der Waals surface area (Å²) < 4.78 is 14.7. The molecule has 0 aliphatic heterocycles. The molecule has 0 saturated heterocycles. The molecule has 0 N–H and O–H groups in total. The first-order chi connectivity index (χ1) is 30.8. The summed E-state index contributed by atoms with van der Waals surface area (Å²) in [6.45, 7) is 26.6. The molecule has 0 spiro atoms. The van der Waals surface area contributed by atoms with Crippen LogP contribution in [0.4, 0.5) is 0 Å². The number of hydrogen-bond donors (Lipinski definition) is 0. The van der Waals surface area contributed by atoms with Crippen molar-refractivity contribution >= 4 is 10.8 Å². The van der Waals surface area contributed by atoms with E-state index >= 15 is 0 Å². The quantitative estimate of drug-likeness (QED) is 0.153. The molecule has 0 radical (unpaired) electrons. The third-order valence-corrected chi connectivity index (χ3v) is 13.3. The second kappa shape index (κ2) is 15.1. The zero-order chi connectivity index (χ0) is 44.9. The average Bonchev–Trinajstić information content (AvgIpc) is 4.13. The van der Waals surface area contributed by atoms with Crippen molar-refractivity contribution in [2.24, 2.45) is 0 Å². The molecule has 10 aromatic rings. The maximum atomic E-state index is 4.78. The van der Waals surface area contributed by atoms with E-state index in [9.17, 15) is 0 Å². The molecule has 320 valence electrons. The lowest BCUT2D eigenvalue weighted by Crippen LogP contribution is -2.20. The van der Waals surface area contributed by atoms with Crippen molar-refractivity contribution in [3.63, 3.8) is 0 Å². The number of rotatable bonds is 8. The van der Waals surface area contributed by atoms with Crippen molar-refractivity contribution in [2.75, 3.05) is 0 Å². The summed E-state index contributed by atoms with van der Waals surface area (Å²) in [5.41, 5.74) is 23.5. The van der Waals surface area contributed by atoms with Crippen LogP contribution in [0.5, 0.6) is 0 Å². The van der Waals surface area contributed by atoms with E-state index < -0.39 is 0 Å². The minimum absolute atomic E-state index is 0.893. The van der Waals surface area contributed by atoms with E-state index in [0.29, 0.717) is 0 Å². The third-order valence-electron chi connectivity index (χ3n) is 13.3. The highest BCUT2D eigenvalue weighted by Gasteiger charge is 2.36. The van der Waals surface area contributed by atoms with Crippen LogP contribution in [0.25, 0.3) is 67.2 Å². The SMILES string of the molecule is Cc1ccc(C)n1-c1c(-n2c(C)ccc2C)c(-n2c(C)ccc2C)c2c(-n3c(C)ccc3C)c(-n3c(C)ccc3C)c(-n3c(C)ccc3C)c(-c3cncnc3)c2c1-c1cncnc1. The van der Waals surface area contributed by atoms with Crippen molar-refractivity contribution in [3.05, 3.63) is 179 Å². The molecule has 0 aliphatic rings. The van der Waals surface area contributed by atoms with E-state index in [4.69, 9.17) is 19.9 Å². The van der Waals surface area contributed by atoms with Crippen LogP contribution in [0, 0.1) is 83.1 Å². The monoisotopic (exact) mass is 842 g/mol. The third kappa shape index (κ3) is 5.92. The van der Waals surface area contributed by atoms with Gasteiger partial charge in [0, 0.05) is 126 Å². The summed E-state index contributed by atoms with van der Waals surface area (Å²) in [5, 5.41) is 2.11.